The molecule has 0 aliphatic rings. The summed E-state index contributed by atoms with van der Waals surface area (Å²) < 4.78 is 0. The Hall–Kier alpha value is -1.28. The highest BCUT2D eigenvalue weighted by atomic mass is 32.2. The summed E-state index contributed by atoms with van der Waals surface area (Å²) in [6.07, 6.45) is 6.90. The van der Waals surface area contributed by atoms with Gasteiger partial charge in [-0.1, -0.05) is 53.3 Å². The molecule has 0 bridgehead atoms. The molecule has 0 unspecified atom stereocenters. The Balaban J connectivity index is 2.34. The Kier molecular flexibility index (Phi) is 7.27. The first-order chi connectivity index (χ1) is 9.08. The smallest absolute Gasteiger partial charge is 0.197 e. The van der Waals surface area contributed by atoms with E-state index in [-0.39, 0.29) is 5.12 Å². The van der Waals surface area contributed by atoms with Crippen LogP contribution in [-0.4, -0.2) is 5.12 Å². The van der Waals surface area contributed by atoms with Gasteiger partial charge < -0.3 is 0 Å². The second-order valence-electron chi connectivity index (χ2n) is 4.86. The lowest BCUT2D eigenvalue weighted by atomic mass is 10.1. The number of benzene rings is 1. The first-order valence-corrected chi connectivity index (χ1v) is 7.44. The summed E-state index contributed by atoms with van der Waals surface area (Å²) in [7, 11) is 0. The Morgan fingerprint density at radius 2 is 1.79 bits per heavy atom. The first kappa shape index (κ1) is 15.8. The fourth-order valence-electron chi connectivity index (χ4n) is 1.61. The summed E-state index contributed by atoms with van der Waals surface area (Å²) in [4.78, 5) is 12.8. The topological polar surface area (TPSA) is 17.1 Å². The third-order valence-electron chi connectivity index (χ3n) is 2.68. The lowest BCUT2D eigenvalue weighted by Gasteiger charge is -2.00. The predicted octanol–water partition coefficient (Wildman–Crippen LogP) is 5.39. The summed E-state index contributed by atoms with van der Waals surface area (Å²) in [6, 6.07) is 9.80. The van der Waals surface area contributed by atoms with E-state index in [9.17, 15) is 4.79 Å². The van der Waals surface area contributed by atoms with Gasteiger partial charge in [0.25, 0.3) is 0 Å². The second-order valence-corrected chi connectivity index (χ2v) is 5.99. The number of carbonyl (C=O) groups is 1. The third-order valence-corrected chi connectivity index (χ3v) is 3.59. The van der Waals surface area contributed by atoms with Crippen LogP contribution in [0.3, 0.4) is 0 Å². The molecule has 0 aromatic heterocycles. The molecule has 0 fully saturated rings. The largest absolute Gasteiger partial charge is 0.286 e. The summed E-state index contributed by atoms with van der Waals surface area (Å²) in [6.45, 7) is 6.32. The van der Waals surface area contributed by atoms with E-state index in [1.807, 2.05) is 30.3 Å². The van der Waals surface area contributed by atoms with E-state index in [1.54, 1.807) is 0 Å². The maximum Gasteiger partial charge on any atom is 0.197 e. The van der Waals surface area contributed by atoms with Crippen molar-refractivity contribution in [3.63, 3.8) is 0 Å². The van der Waals surface area contributed by atoms with E-state index in [1.165, 1.54) is 22.9 Å². The zero-order chi connectivity index (χ0) is 14.1. The van der Waals surface area contributed by atoms with Gasteiger partial charge in [0.15, 0.2) is 5.12 Å². The van der Waals surface area contributed by atoms with Crippen molar-refractivity contribution in [2.24, 2.45) is 0 Å². The molecule has 0 N–H and O–H groups in total. The minimum atomic E-state index is 0.202. The number of hydrogen-bond donors (Lipinski definition) is 0. The molecule has 1 nitrogen and oxygen atoms in total. The van der Waals surface area contributed by atoms with Crippen LogP contribution in [0.1, 0.15) is 40.0 Å². The second kappa shape index (κ2) is 8.76. The highest BCUT2D eigenvalue weighted by Crippen LogP contribution is 2.20. The highest BCUT2D eigenvalue weighted by molar-refractivity contribution is 8.13. The van der Waals surface area contributed by atoms with Crippen LogP contribution in [0.4, 0.5) is 0 Å². The number of allylic oxidation sites excluding steroid dienone is 4. The molecule has 0 spiro atoms. The van der Waals surface area contributed by atoms with E-state index in [0.29, 0.717) is 6.42 Å². The fraction of sp³-hybridized carbons (Fsp3) is 0.353. The van der Waals surface area contributed by atoms with Crippen LogP contribution < -0.4 is 0 Å². The van der Waals surface area contributed by atoms with Gasteiger partial charge in [-0.3, -0.25) is 4.79 Å². The Bertz CT molecular complexity index is 453. The molecule has 0 radical (unpaired) electrons. The van der Waals surface area contributed by atoms with E-state index >= 15 is 0 Å². The minimum Gasteiger partial charge on any atom is -0.286 e. The fourth-order valence-corrected chi connectivity index (χ4v) is 2.33. The molecular weight excluding hydrogens is 252 g/mol. The molecule has 0 aliphatic heterocycles. The molecule has 19 heavy (non-hydrogen) atoms. The van der Waals surface area contributed by atoms with Crippen molar-refractivity contribution in [1.82, 2.24) is 0 Å². The van der Waals surface area contributed by atoms with Gasteiger partial charge >= 0.3 is 0 Å². The van der Waals surface area contributed by atoms with Gasteiger partial charge in [-0.05, 0) is 45.7 Å². The molecule has 0 saturated heterocycles. The molecule has 2 heteroatoms. The standard InChI is InChI=1S/C17H22OS/c1-14(2)8-7-9-15(3)12-13-17(18)19-16-10-5-4-6-11-16/h4-6,8,10-12H,7,9,13H2,1-3H3/b15-12+. The average molecular weight is 274 g/mol. The van der Waals surface area contributed by atoms with E-state index in [4.69, 9.17) is 0 Å². The van der Waals surface area contributed by atoms with Crippen LogP contribution in [-0.2, 0) is 4.79 Å². The van der Waals surface area contributed by atoms with Crippen molar-refractivity contribution in [3.05, 3.63) is 53.6 Å². The van der Waals surface area contributed by atoms with Crippen molar-refractivity contribution < 1.29 is 4.79 Å². The third kappa shape index (κ3) is 7.68. The van der Waals surface area contributed by atoms with Crippen LogP contribution in [0.2, 0.25) is 0 Å². The molecule has 0 aliphatic carbocycles. The molecule has 0 saturated carbocycles. The van der Waals surface area contributed by atoms with Gasteiger partial charge in [0.05, 0.1) is 0 Å². The summed E-state index contributed by atoms with van der Waals surface area (Å²) >= 11 is 1.32. The first-order valence-electron chi connectivity index (χ1n) is 6.62. The van der Waals surface area contributed by atoms with Gasteiger partial charge in [-0.15, -0.1) is 0 Å². The zero-order valence-corrected chi connectivity index (χ0v) is 12.8. The van der Waals surface area contributed by atoms with Crippen molar-refractivity contribution >= 4 is 16.9 Å². The Labute approximate surface area is 120 Å². The molecule has 0 atom stereocenters. The quantitative estimate of drug-likeness (QED) is 0.511. The van der Waals surface area contributed by atoms with Crippen LogP contribution in [0.5, 0.6) is 0 Å². The van der Waals surface area contributed by atoms with Crippen molar-refractivity contribution in [3.8, 4) is 0 Å². The lowest BCUT2D eigenvalue weighted by molar-refractivity contribution is -0.110. The van der Waals surface area contributed by atoms with Crippen LogP contribution in [0.15, 0.2) is 58.5 Å². The summed E-state index contributed by atoms with van der Waals surface area (Å²) in [5.41, 5.74) is 2.64. The van der Waals surface area contributed by atoms with Crippen molar-refractivity contribution in [2.75, 3.05) is 0 Å². The minimum absolute atomic E-state index is 0.202. The van der Waals surface area contributed by atoms with Crippen molar-refractivity contribution in [2.45, 2.75) is 44.9 Å². The van der Waals surface area contributed by atoms with Crippen LogP contribution in [0, 0.1) is 0 Å². The van der Waals surface area contributed by atoms with Crippen LogP contribution in [0.25, 0.3) is 0 Å². The van der Waals surface area contributed by atoms with Crippen LogP contribution >= 0.6 is 11.8 Å². The SMILES string of the molecule is CC(C)=CCC/C(C)=C/CC(=O)Sc1ccccc1. The predicted molar refractivity (Wildman–Crippen MR) is 84.3 cm³/mol. The molecular formula is C17H22OS. The maximum absolute atomic E-state index is 11.8. The van der Waals surface area contributed by atoms with E-state index in [0.717, 1.165) is 17.7 Å². The van der Waals surface area contributed by atoms with Gasteiger partial charge in [0.2, 0.25) is 0 Å². The molecule has 102 valence electrons. The molecule has 1 aromatic rings. The molecule has 0 heterocycles. The molecule has 1 rings (SSSR count). The Morgan fingerprint density at radius 3 is 2.42 bits per heavy atom. The van der Waals surface area contributed by atoms with Gasteiger partial charge in [-0.2, -0.15) is 0 Å². The van der Waals surface area contributed by atoms with E-state index < -0.39 is 0 Å². The number of thioether (sulfide) groups is 1. The number of carbonyl (C=O) groups excluding carboxylic acids is 1. The molecule has 1 aromatic carbocycles. The maximum atomic E-state index is 11.8. The normalized spacial score (nSPS) is 11.2. The highest BCUT2D eigenvalue weighted by Gasteiger charge is 2.02. The van der Waals surface area contributed by atoms with Gasteiger partial charge in [-0.25, -0.2) is 0 Å². The summed E-state index contributed by atoms with van der Waals surface area (Å²) in [5.74, 6) is 0. The zero-order valence-electron chi connectivity index (χ0n) is 12.0. The lowest BCUT2D eigenvalue weighted by Crippen LogP contribution is -1.89. The van der Waals surface area contributed by atoms with E-state index in [2.05, 4.69) is 32.9 Å². The van der Waals surface area contributed by atoms with Crippen molar-refractivity contribution in [1.29, 1.82) is 0 Å². The summed E-state index contributed by atoms with van der Waals surface area (Å²) in [5, 5.41) is 0.202. The number of hydrogen-bond acceptors (Lipinski definition) is 2. The molecule has 0 amide bonds. The average Bonchev–Trinajstić information content (AvgIpc) is 2.37. The van der Waals surface area contributed by atoms with Gasteiger partial charge in [0, 0.05) is 11.3 Å². The Morgan fingerprint density at radius 1 is 1.11 bits per heavy atom. The monoisotopic (exact) mass is 274 g/mol. The number of rotatable bonds is 6. The van der Waals surface area contributed by atoms with Gasteiger partial charge in [0.1, 0.15) is 0 Å².